The Kier molecular flexibility index (Phi) is 3.81. The summed E-state index contributed by atoms with van der Waals surface area (Å²) in [4.78, 5) is 20.6. The third kappa shape index (κ3) is 2.86. The number of rotatable bonds is 3. The summed E-state index contributed by atoms with van der Waals surface area (Å²) in [6.07, 6.45) is 7.57. The molecule has 2 N–H and O–H groups in total. The molecule has 0 saturated heterocycles. The molecule has 2 aromatic rings. The van der Waals surface area contributed by atoms with Gasteiger partial charge in [0.1, 0.15) is 11.5 Å². The van der Waals surface area contributed by atoms with Gasteiger partial charge in [-0.1, -0.05) is 12.1 Å². The maximum Gasteiger partial charge on any atom is 0.275 e. The van der Waals surface area contributed by atoms with E-state index in [0.717, 1.165) is 18.5 Å². The molecule has 1 heterocycles. The van der Waals surface area contributed by atoms with Crippen LogP contribution in [-0.2, 0) is 12.8 Å². The minimum absolute atomic E-state index is 0.224. The number of amides is 1. The number of aromatic nitrogens is 2. The minimum Gasteiger partial charge on any atom is -0.372 e. The van der Waals surface area contributed by atoms with Crippen LogP contribution in [0.15, 0.2) is 30.6 Å². The summed E-state index contributed by atoms with van der Waals surface area (Å²) in [6, 6.07) is 6.10. The Morgan fingerprint density at radius 1 is 1.19 bits per heavy atom. The van der Waals surface area contributed by atoms with Crippen molar-refractivity contribution in [3.8, 4) is 0 Å². The Bertz CT molecular complexity index is 669. The van der Waals surface area contributed by atoms with Gasteiger partial charge in [-0.3, -0.25) is 9.78 Å². The molecule has 1 amide bonds. The Labute approximate surface area is 123 Å². The molecule has 3 rings (SSSR count). The van der Waals surface area contributed by atoms with E-state index in [1.807, 2.05) is 12.1 Å². The molecule has 1 aliphatic carbocycles. The molecule has 1 aliphatic rings. The second-order valence-corrected chi connectivity index (χ2v) is 5.14. The predicted molar refractivity (Wildman–Crippen MR) is 82.6 cm³/mol. The smallest absolute Gasteiger partial charge is 0.275 e. The van der Waals surface area contributed by atoms with Crippen molar-refractivity contribution in [3.05, 3.63) is 47.4 Å². The first kappa shape index (κ1) is 13.5. The molecule has 0 bridgehead atoms. The van der Waals surface area contributed by atoms with Crippen LogP contribution in [0.2, 0.25) is 0 Å². The van der Waals surface area contributed by atoms with Crippen molar-refractivity contribution < 1.29 is 4.79 Å². The summed E-state index contributed by atoms with van der Waals surface area (Å²) in [6.45, 7) is 0. The van der Waals surface area contributed by atoms with Crippen LogP contribution in [0.3, 0.4) is 0 Å². The zero-order valence-corrected chi connectivity index (χ0v) is 12.0. The highest BCUT2D eigenvalue weighted by atomic mass is 16.1. The van der Waals surface area contributed by atoms with Gasteiger partial charge in [0.25, 0.3) is 5.91 Å². The highest BCUT2D eigenvalue weighted by Gasteiger charge is 2.16. The molecule has 0 aliphatic heterocycles. The monoisotopic (exact) mass is 282 g/mol. The summed E-state index contributed by atoms with van der Waals surface area (Å²) in [7, 11) is 1.75. The van der Waals surface area contributed by atoms with E-state index in [1.165, 1.54) is 30.2 Å². The summed E-state index contributed by atoms with van der Waals surface area (Å²) < 4.78 is 0. The zero-order chi connectivity index (χ0) is 14.7. The van der Waals surface area contributed by atoms with Gasteiger partial charge in [0.2, 0.25) is 0 Å². The topological polar surface area (TPSA) is 66.9 Å². The lowest BCUT2D eigenvalue weighted by molar-refractivity contribution is 0.102. The maximum absolute atomic E-state index is 12.3. The normalized spacial score (nSPS) is 13.4. The predicted octanol–water partition coefficient (Wildman–Crippen LogP) is 2.65. The SMILES string of the molecule is CNc1cncc(C(=O)Nc2cccc3c2CCCC3)n1. The Morgan fingerprint density at radius 2 is 2.05 bits per heavy atom. The van der Waals surface area contributed by atoms with E-state index < -0.39 is 0 Å². The van der Waals surface area contributed by atoms with Crippen molar-refractivity contribution in [2.45, 2.75) is 25.7 Å². The van der Waals surface area contributed by atoms with Gasteiger partial charge in [-0.15, -0.1) is 0 Å². The van der Waals surface area contributed by atoms with Crippen molar-refractivity contribution in [2.24, 2.45) is 0 Å². The maximum atomic E-state index is 12.3. The van der Waals surface area contributed by atoms with Crippen molar-refractivity contribution in [1.82, 2.24) is 9.97 Å². The van der Waals surface area contributed by atoms with Crippen LogP contribution in [0.5, 0.6) is 0 Å². The molecule has 0 spiro atoms. The Morgan fingerprint density at radius 3 is 2.90 bits per heavy atom. The lowest BCUT2D eigenvalue weighted by atomic mass is 9.90. The summed E-state index contributed by atoms with van der Waals surface area (Å²) in [5.41, 5.74) is 3.81. The van der Waals surface area contributed by atoms with Crippen LogP contribution in [0.25, 0.3) is 0 Å². The number of aryl methyl sites for hydroxylation is 1. The highest BCUT2D eigenvalue weighted by molar-refractivity contribution is 6.03. The zero-order valence-electron chi connectivity index (χ0n) is 12.0. The minimum atomic E-state index is -0.224. The van der Waals surface area contributed by atoms with Gasteiger partial charge in [-0.05, 0) is 42.9 Å². The van der Waals surface area contributed by atoms with Gasteiger partial charge in [-0.25, -0.2) is 4.98 Å². The molecule has 21 heavy (non-hydrogen) atoms. The van der Waals surface area contributed by atoms with E-state index in [0.29, 0.717) is 11.5 Å². The molecule has 0 unspecified atom stereocenters. The third-order valence-electron chi connectivity index (χ3n) is 3.77. The number of carbonyl (C=O) groups excluding carboxylic acids is 1. The quantitative estimate of drug-likeness (QED) is 0.908. The van der Waals surface area contributed by atoms with Crippen LogP contribution < -0.4 is 10.6 Å². The van der Waals surface area contributed by atoms with Gasteiger partial charge in [0.15, 0.2) is 0 Å². The van der Waals surface area contributed by atoms with Crippen LogP contribution >= 0.6 is 0 Å². The number of carbonyl (C=O) groups is 1. The number of benzene rings is 1. The Balaban J connectivity index is 1.84. The average Bonchev–Trinajstić information content (AvgIpc) is 2.55. The van der Waals surface area contributed by atoms with E-state index in [9.17, 15) is 4.79 Å². The lowest BCUT2D eigenvalue weighted by Crippen LogP contribution is -2.17. The summed E-state index contributed by atoms with van der Waals surface area (Å²) in [5.74, 6) is 0.358. The van der Waals surface area contributed by atoms with Gasteiger partial charge in [-0.2, -0.15) is 0 Å². The fourth-order valence-corrected chi connectivity index (χ4v) is 2.68. The summed E-state index contributed by atoms with van der Waals surface area (Å²) in [5, 5.41) is 5.85. The van der Waals surface area contributed by atoms with Gasteiger partial charge in [0.05, 0.1) is 12.4 Å². The van der Waals surface area contributed by atoms with Gasteiger partial charge < -0.3 is 10.6 Å². The molecule has 0 radical (unpaired) electrons. The standard InChI is InChI=1S/C16H18N4O/c1-17-15-10-18-9-14(19-15)16(21)20-13-8-4-6-11-5-2-3-7-12(11)13/h4,6,8-10H,2-3,5,7H2,1H3,(H,17,19)(H,20,21). The molecular weight excluding hydrogens is 264 g/mol. The summed E-state index contributed by atoms with van der Waals surface area (Å²) >= 11 is 0. The van der Waals surface area contributed by atoms with Gasteiger partial charge >= 0.3 is 0 Å². The first-order chi connectivity index (χ1) is 10.3. The lowest BCUT2D eigenvalue weighted by Gasteiger charge is -2.19. The van der Waals surface area contributed by atoms with Crippen LogP contribution in [-0.4, -0.2) is 22.9 Å². The first-order valence-corrected chi connectivity index (χ1v) is 7.20. The van der Waals surface area contributed by atoms with Crippen molar-refractivity contribution in [3.63, 3.8) is 0 Å². The molecular formula is C16H18N4O. The van der Waals surface area contributed by atoms with Crippen LogP contribution in [0.4, 0.5) is 11.5 Å². The second-order valence-electron chi connectivity index (χ2n) is 5.14. The molecule has 1 aromatic carbocycles. The van der Waals surface area contributed by atoms with Crippen molar-refractivity contribution in [2.75, 3.05) is 17.7 Å². The molecule has 108 valence electrons. The number of hydrogen-bond donors (Lipinski definition) is 2. The van der Waals surface area contributed by atoms with E-state index in [1.54, 1.807) is 13.2 Å². The second kappa shape index (κ2) is 5.91. The molecule has 1 aromatic heterocycles. The van der Waals surface area contributed by atoms with E-state index in [-0.39, 0.29) is 5.91 Å². The molecule has 0 atom stereocenters. The largest absolute Gasteiger partial charge is 0.372 e. The number of nitrogens with one attached hydrogen (secondary N) is 2. The number of nitrogens with zero attached hydrogens (tertiary/aromatic N) is 2. The fraction of sp³-hybridized carbons (Fsp3) is 0.312. The van der Waals surface area contributed by atoms with E-state index in [2.05, 4.69) is 26.7 Å². The van der Waals surface area contributed by atoms with Gasteiger partial charge in [0, 0.05) is 12.7 Å². The molecule has 0 fully saturated rings. The van der Waals surface area contributed by atoms with Crippen LogP contribution in [0.1, 0.15) is 34.5 Å². The fourth-order valence-electron chi connectivity index (χ4n) is 2.68. The first-order valence-electron chi connectivity index (χ1n) is 7.20. The Hall–Kier alpha value is -2.43. The molecule has 5 heteroatoms. The van der Waals surface area contributed by atoms with E-state index >= 15 is 0 Å². The molecule has 5 nitrogen and oxygen atoms in total. The highest BCUT2D eigenvalue weighted by Crippen LogP contribution is 2.28. The third-order valence-corrected chi connectivity index (χ3v) is 3.77. The van der Waals surface area contributed by atoms with E-state index in [4.69, 9.17) is 0 Å². The average molecular weight is 282 g/mol. The number of anilines is 2. The number of fused-ring (bicyclic) bond motifs is 1. The van der Waals surface area contributed by atoms with Crippen molar-refractivity contribution >= 4 is 17.4 Å². The molecule has 0 saturated carbocycles. The number of hydrogen-bond acceptors (Lipinski definition) is 4. The van der Waals surface area contributed by atoms with Crippen molar-refractivity contribution in [1.29, 1.82) is 0 Å². The van der Waals surface area contributed by atoms with Crippen LogP contribution in [0, 0.1) is 0 Å².